The van der Waals surface area contributed by atoms with E-state index < -0.39 is 23.6 Å². The summed E-state index contributed by atoms with van der Waals surface area (Å²) < 4.78 is 58.0. The number of carbonyl (C=O) groups excluding carboxylic acids is 1. The lowest BCUT2D eigenvalue weighted by Gasteiger charge is -2.22. The Morgan fingerprint density at radius 3 is 2.69 bits per heavy atom. The number of nitrogens with zero attached hydrogens (tertiary/aromatic N) is 3. The molecular weight excluding hydrogens is 390 g/mol. The minimum absolute atomic E-state index is 0.00343. The molecule has 150 valence electrons. The monoisotopic (exact) mass is 405 g/mol. The van der Waals surface area contributed by atoms with E-state index in [9.17, 15) is 22.4 Å². The van der Waals surface area contributed by atoms with Crippen molar-refractivity contribution in [3.05, 3.63) is 71.4 Å². The number of aromatic nitrogens is 2. The molecule has 1 saturated heterocycles. The van der Waals surface area contributed by atoms with Gasteiger partial charge in [-0.05, 0) is 24.6 Å². The quantitative estimate of drug-likeness (QED) is 0.588. The zero-order chi connectivity index (χ0) is 20.6. The highest BCUT2D eigenvalue weighted by atomic mass is 19.4. The van der Waals surface area contributed by atoms with Crippen LogP contribution in [-0.4, -0.2) is 20.9 Å². The van der Waals surface area contributed by atoms with E-state index in [2.05, 4.69) is 10.1 Å². The molecule has 9 heteroatoms. The molecule has 2 heterocycles. The predicted molar refractivity (Wildman–Crippen MR) is 93.7 cm³/mol. The van der Waals surface area contributed by atoms with Gasteiger partial charge >= 0.3 is 6.18 Å². The SMILES string of the molecule is O=C1CCC(c2nc(-c3cccc(C(F)(F)F)c3)no2)N1Cc1ccccc1F. The minimum Gasteiger partial charge on any atom is -0.337 e. The van der Waals surface area contributed by atoms with Gasteiger partial charge in [-0.2, -0.15) is 18.2 Å². The molecule has 1 aliphatic heterocycles. The Balaban J connectivity index is 1.60. The lowest BCUT2D eigenvalue weighted by molar-refractivity contribution is -0.137. The van der Waals surface area contributed by atoms with Crippen LogP contribution in [0.15, 0.2) is 53.1 Å². The molecule has 0 bridgehead atoms. The molecule has 0 aliphatic carbocycles. The summed E-state index contributed by atoms with van der Waals surface area (Å²) in [7, 11) is 0. The highest BCUT2D eigenvalue weighted by Gasteiger charge is 2.36. The van der Waals surface area contributed by atoms with E-state index in [1.165, 1.54) is 23.1 Å². The molecule has 0 spiro atoms. The van der Waals surface area contributed by atoms with Gasteiger partial charge in [0.25, 0.3) is 0 Å². The number of amides is 1. The number of hydrogen-bond donors (Lipinski definition) is 0. The number of carbonyl (C=O) groups is 1. The maximum Gasteiger partial charge on any atom is 0.416 e. The topological polar surface area (TPSA) is 59.2 Å². The lowest BCUT2D eigenvalue weighted by Crippen LogP contribution is -2.27. The summed E-state index contributed by atoms with van der Waals surface area (Å²) in [5.41, 5.74) is -0.316. The first-order chi connectivity index (χ1) is 13.8. The molecule has 1 amide bonds. The largest absolute Gasteiger partial charge is 0.416 e. The van der Waals surface area contributed by atoms with Crippen molar-refractivity contribution in [1.82, 2.24) is 15.0 Å². The first-order valence-electron chi connectivity index (χ1n) is 8.87. The molecular formula is C20H15F4N3O2. The molecule has 0 radical (unpaired) electrons. The van der Waals surface area contributed by atoms with Crippen molar-refractivity contribution in [2.24, 2.45) is 0 Å². The van der Waals surface area contributed by atoms with Crippen LogP contribution in [0.1, 0.15) is 35.9 Å². The van der Waals surface area contributed by atoms with Gasteiger partial charge in [0.15, 0.2) is 0 Å². The fourth-order valence-electron chi connectivity index (χ4n) is 3.32. The van der Waals surface area contributed by atoms with E-state index in [-0.39, 0.29) is 36.2 Å². The summed E-state index contributed by atoms with van der Waals surface area (Å²) in [6, 6.07) is 10.2. The number of benzene rings is 2. The van der Waals surface area contributed by atoms with Crippen molar-refractivity contribution in [3.8, 4) is 11.4 Å². The predicted octanol–water partition coefficient (Wildman–Crippen LogP) is 4.76. The molecule has 1 fully saturated rings. The van der Waals surface area contributed by atoms with Gasteiger partial charge in [-0.15, -0.1) is 0 Å². The van der Waals surface area contributed by atoms with E-state index >= 15 is 0 Å². The van der Waals surface area contributed by atoms with Crippen LogP contribution in [0.2, 0.25) is 0 Å². The third-order valence-electron chi connectivity index (χ3n) is 4.80. The highest BCUT2D eigenvalue weighted by molar-refractivity contribution is 5.78. The van der Waals surface area contributed by atoms with E-state index in [0.717, 1.165) is 12.1 Å². The lowest BCUT2D eigenvalue weighted by atomic mass is 10.1. The van der Waals surface area contributed by atoms with E-state index in [1.54, 1.807) is 18.2 Å². The zero-order valence-electron chi connectivity index (χ0n) is 15.0. The molecule has 3 aromatic rings. The molecule has 29 heavy (non-hydrogen) atoms. The molecule has 1 atom stereocenters. The summed E-state index contributed by atoms with van der Waals surface area (Å²) in [6.45, 7) is 0.0391. The Morgan fingerprint density at radius 1 is 1.14 bits per heavy atom. The maximum absolute atomic E-state index is 14.0. The Morgan fingerprint density at radius 2 is 1.93 bits per heavy atom. The summed E-state index contributed by atoms with van der Waals surface area (Å²) in [5, 5.41) is 3.77. The Hall–Kier alpha value is -3.23. The van der Waals surface area contributed by atoms with Gasteiger partial charge in [-0.3, -0.25) is 4.79 Å². The molecule has 1 aliphatic rings. The van der Waals surface area contributed by atoms with E-state index in [4.69, 9.17) is 4.52 Å². The molecule has 0 N–H and O–H groups in total. The Bertz CT molecular complexity index is 1050. The Kier molecular flexibility index (Phi) is 4.81. The van der Waals surface area contributed by atoms with Gasteiger partial charge in [-0.25, -0.2) is 4.39 Å². The Labute approximate surface area is 162 Å². The zero-order valence-corrected chi connectivity index (χ0v) is 15.0. The molecule has 0 saturated carbocycles. The normalized spacial score (nSPS) is 17.2. The molecule has 1 unspecified atom stereocenters. The fraction of sp³-hybridized carbons (Fsp3) is 0.250. The molecule has 1 aromatic heterocycles. The summed E-state index contributed by atoms with van der Waals surface area (Å²) in [5.74, 6) is -0.505. The summed E-state index contributed by atoms with van der Waals surface area (Å²) in [4.78, 5) is 17.9. The maximum atomic E-state index is 14.0. The van der Waals surface area contributed by atoms with Crippen molar-refractivity contribution < 1.29 is 26.9 Å². The summed E-state index contributed by atoms with van der Waals surface area (Å²) in [6.07, 6.45) is -3.85. The first-order valence-corrected chi connectivity index (χ1v) is 8.87. The third-order valence-corrected chi connectivity index (χ3v) is 4.80. The van der Waals surface area contributed by atoms with Gasteiger partial charge in [0.2, 0.25) is 17.6 Å². The smallest absolute Gasteiger partial charge is 0.337 e. The third kappa shape index (κ3) is 3.85. The highest BCUT2D eigenvalue weighted by Crippen LogP contribution is 2.35. The minimum atomic E-state index is -4.49. The number of alkyl halides is 3. The second-order valence-electron chi connectivity index (χ2n) is 6.70. The van der Waals surface area contributed by atoms with Crippen LogP contribution in [-0.2, 0) is 17.5 Å². The fourth-order valence-corrected chi connectivity index (χ4v) is 3.32. The summed E-state index contributed by atoms with van der Waals surface area (Å²) >= 11 is 0. The van der Waals surface area contributed by atoms with Crippen molar-refractivity contribution in [2.45, 2.75) is 31.6 Å². The van der Waals surface area contributed by atoms with Crippen LogP contribution in [0.25, 0.3) is 11.4 Å². The second kappa shape index (κ2) is 7.31. The van der Waals surface area contributed by atoms with Crippen LogP contribution in [0, 0.1) is 5.82 Å². The standard InChI is InChI=1S/C20H15F4N3O2/c21-15-7-2-1-4-13(15)11-27-16(8-9-17(27)28)19-25-18(26-29-19)12-5-3-6-14(10-12)20(22,23)24/h1-7,10,16H,8-9,11H2. The van der Waals surface area contributed by atoms with Crippen LogP contribution in [0.5, 0.6) is 0 Å². The molecule has 5 nitrogen and oxygen atoms in total. The number of halogens is 4. The average Bonchev–Trinajstić information content (AvgIpc) is 3.30. The molecule has 2 aromatic carbocycles. The number of hydrogen-bond acceptors (Lipinski definition) is 4. The second-order valence-corrected chi connectivity index (χ2v) is 6.70. The first kappa shape index (κ1) is 19.1. The van der Waals surface area contributed by atoms with Crippen molar-refractivity contribution in [1.29, 1.82) is 0 Å². The van der Waals surface area contributed by atoms with Crippen LogP contribution >= 0.6 is 0 Å². The number of likely N-dealkylation sites (tertiary alicyclic amines) is 1. The number of rotatable bonds is 4. The van der Waals surface area contributed by atoms with Crippen molar-refractivity contribution in [3.63, 3.8) is 0 Å². The van der Waals surface area contributed by atoms with Crippen LogP contribution in [0.3, 0.4) is 0 Å². The van der Waals surface area contributed by atoms with Gasteiger partial charge in [0.1, 0.15) is 11.9 Å². The van der Waals surface area contributed by atoms with Crippen LogP contribution in [0.4, 0.5) is 17.6 Å². The molecule has 4 rings (SSSR count). The van der Waals surface area contributed by atoms with Crippen LogP contribution < -0.4 is 0 Å². The van der Waals surface area contributed by atoms with E-state index in [1.807, 2.05) is 0 Å². The van der Waals surface area contributed by atoms with Crippen molar-refractivity contribution >= 4 is 5.91 Å². The van der Waals surface area contributed by atoms with Gasteiger partial charge in [0.05, 0.1) is 5.56 Å². The average molecular weight is 405 g/mol. The van der Waals surface area contributed by atoms with Gasteiger partial charge in [0, 0.05) is 24.1 Å². The van der Waals surface area contributed by atoms with Crippen molar-refractivity contribution in [2.75, 3.05) is 0 Å². The van der Waals surface area contributed by atoms with E-state index in [0.29, 0.717) is 12.0 Å². The van der Waals surface area contributed by atoms with Gasteiger partial charge < -0.3 is 9.42 Å². The van der Waals surface area contributed by atoms with Gasteiger partial charge in [-0.1, -0.05) is 35.5 Å².